The molecule has 1 fully saturated rings. The SMILES string of the molecule is CC(C)(C)[NH+]1CCOC(Cl)C1.O=C([O-])N1CCc2cncnc2C1. The molecule has 3 heterocycles. The molecular formula is C16H25ClN4O3. The number of amides is 1. The molecule has 0 aromatic carbocycles. The van der Waals surface area contributed by atoms with Gasteiger partial charge in [0.15, 0.2) is 5.56 Å². The molecule has 0 saturated carbocycles. The topological polar surface area (TPSA) is 82.8 Å². The largest absolute Gasteiger partial charge is 0.530 e. The number of quaternary nitrogens is 1. The third-order valence-corrected chi connectivity index (χ3v) is 4.58. The second-order valence-corrected chi connectivity index (χ2v) is 7.51. The number of alkyl halides is 1. The molecule has 0 radical (unpaired) electrons. The van der Waals surface area contributed by atoms with Gasteiger partial charge < -0.3 is 24.4 Å². The van der Waals surface area contributed by atoms with E-state index in [9.17, 15) is 9.90 Å². The van der Waals surface area contributed by atoms with Crippen LogP contribution in [0, 0.1) is 0 Å². The predicted octanol–water partition coefficient (Wildman–Crippen LogP) is -0.557. The van der Waals surface area contributed by atoms with Crippen LogP contribution in [0.1, 0.15) is 32.0 Å². The Kier molecular flexibility index (Phi) is 6.37. The number of carbonyl (C=O) groups excluding carboxylic acids is 1. The fraction of sp³-hybridized carbons (Fsp3) is 0.688. The van der Waals surface area contributed by atoms with Crippen molar-refractivity contribution in [3.63, 3.8) is 0 Å². The molecule has 2 unspecified atom stereocenters. The molecule has 1 aromatic heterocycles. The maximum Gasteiger partial charge on any atom is 0.179 e. The Labute approximate surface area is 147 Å². The molecule has 1 amide bonds. The van der Waals surface area contributed by atoms with Gasteiger partial charge in [0.1, 0.15) is 25.5 Å². The lowest BCUT2D eigenvalue weighted by Gasteiger charge is -2.36. The zero-order chi connectivity index (χ0) is 17.7. The van der Waals surface area contributed by atoms with Crippen LogP contribution in [0.15, 0.2) is 12.5 Å². The molecule has 8 heteroatoms. The summed E-state index contributed by atoms with van der Waals surface area (Å²) in [5.74, 6) is 0. The standard InChI is InChI=1S/C8H16ClNO.C8H9N3O2/c1-8(2,3)10-4-5-11-7(9)6-10;12-8(13)11-2-1-6-3-9-5-10-7(6)4-11/h7H,4-6H2,1-3H3;3,5H,1-2,4H2,(H,12,13). The van der Waals surface area contributed by atoms with E-state index in [2.05, 4.69) is 30.7 Å². The van der Waals surface area contributed by atoms with Crippen molar-refractivity contribution < 1.29 is 19.5 Å². The van der Waals surface area contributed by atoms with E-state index < -0.39 is 6.09 Å². The Morgan fingerprint density at radius 1 is 1.50 bits per heavy atom. The van der Waals surface area contributed by atoms with Crippen molar-refractivity contribution in [2.24, 2.45) is 0 Å². The number of carboxylic acid groups (broad SMARTS) is 1. The Morgan fingerprint density at radius 3 is 2.83 bits per heavy atom. The lowest BCUT2D eigenvalue weighted by atomic mass is 10.1. The van der Waals surface area contributed by atoms with Gasteiger partial charge in [0.2, 0.25) is 0 Å². The highest BCUT2D eigenvalue weighted by Crippen LogP contribution is 2.14. The lowest BCUT2D eigenvalue weighted by molar-refractivity contribution is -0.955. The van der Waals surface area contributed by atoms with Crippen LogP contribution in [0.3, 0.4) is 0 Å². The van der Waals surface area contributed by atoms with E-state index in [1.54, 1.807) is 6.20 Å². The molecule has 7 nitrogen and oxygen atoms in total. The number of aromatic nitrogens is 2. The summed E-state index contributed by atoms with van der Waals surface area (Å²) >= 11 is 5.87. The number of halogens is 1. The Morgan fingerprint density at radius 2 is 2.25 bits per heavy atom. The molecule has 2 aliphatic heterocycles. The monoisotopic (exact) mass is 356 g/mol. The third-order valence-electron chi connectivity index (χ3n) is 4.30. The van der Waals surface area contributed by atoms with Gasteiger partial charge in [-0.15, -0.1) is 0 Å². The Bertz CT molecular complexity index is 564. The first-order valence-corrected chi connectivity index (χ1v) is 8.55. The highest BCUT2D eigenvalue weighted by molar-refractivity contribution is 6.19. The van der Waals surface area contributed by atoms with Crippen molar-refractivity contribution in [3.05, 3.63) is 23.8 Å². The summed E-state index contributed by atoms with van der Waals surface area (Å²) in [6.45, 7) is 10.3. The smallest absolute Gasteiger partial charge is 0.179 e. The van der Waals surface area contributed by atoms with Gasteiger partial charge in [-0.1, -0.05) is 11.6 Å². The van der Waals surface area contributed by atoms with Gasteiger partial charge in [0.25, 0.3) is 0 Å². The van der Waals surface area contributed by atoms with Gasteiger partial charge in [0.05, 0.1) is 24.4 Å². The molecule has 1 N–H and O–H groups in total. The van der Waals surface area contributed by atoms with Gasteiger partial charge >= 0.3 is 0 Å². The van der Waals surface area contributed by atoms with Gasteiger partial charge in [-0.05, 0) is 32.8 Å². The number of nitrogens with zero attached hydrogens (tertiary/aromatic N) is 3. The van der Waals surface area contributed by atoms with Gasteiger partial charge in [-0.2, -0.15) is 0 Å². The fourth-order valence-corrected chi connectivity index (χ4v) is 3.03. The van der Waals surface area contributed by atoms with Crippen LogP contribution in [0.25, 0.3) is 0 Å². The molecule has 2 atom stereocenters. The number of ether oxygens (including phenoxy) is 1. The highest BCUT2D eigenvalue weighted by atomic mass is 35.5. The predicted molar refractivity (Wildman–Crippen MR) is 87.6 cm³/mol. The fourth-order valence-electron chi connectivity index (χ4n) is 2.75. The molecule has 1 saturated heterocycles. The number of nitrogens with one attached hydrogen (secondary N) is 1. The molecule has 0 spiro atoms. The van der Waals surface area contributed by atoms with Crippen LogP contribution >= 0.6 is 11.6 Å². The first-order valence-electron chi connectivity index (χ1n) is 8.12. The summed E-state index contributed by atoms with van der Waals surface area (Å²) in [4.78, 5) is 21.2. The van der Waals surface area contributed by atoms with Gasteiger partial charge in [0, 0.05) is 12.7 Å². The van der Waals surface area contributed by atoms with Crippen LogP contribution in [0.5, 0.6) is 0 Å². The first kappa shape index (κ1) is 18.9. The van der Waals surface area contributed by atoms with Crippen LogP contribution < -0.4 is 10.0 Å². The maximum absolute atomic E-state index is 10.5. The van der Waals surface area contributed by atoms with Crippen molar-refractivity contribution in [1.29, 1.82) is 0 Å². The van der Waals surface area contributed by atoms with E-state index in [1.165, 1.54) is 16.1 Å². The summed E-state index contributed by atoms with van der Waals surface area (Å²) in [5.41, 5.74) is 2.03. The number of carbonyl (C=O) groups is 1. The summed E-state index contributed by atoms with van der Waals surface area (Å²) in [6, 6.07) is 0. The second-order valence-electron chi connectivity index (χ2n) is 7.02. The minimum atomic E-state index is -1.13. The van der Waals surface area contributed by atoms with Gasteiger partial charge in [-0.25, -0.2) is 9.97 Å². The zero-order valence-electron chi connectivity index (χ0n) is 14.4. The number of morpholine rings is 1. The van der Waals surface area contributed by atoms with E-state index in [0.29, 0.717) is 25.0 Å². The zero-order valence-corrected chi connectivity index (χ0v) is 15.2. The minimum Gasteiger partial charge on any atom is -0.530 e. The molecule has 0 aliphatic carbocycles. The summed E-state index contributed by atoms with van der Waals surface area (Å²) < 4.78 is 5.25. The van der Waals surface area contributed by atoms with E-state index in [0.717, 1.165) is 31.0 Å². The number of hydrogen-bond donors (Lipinski definition) is 1. The summed E-state index contributed by atoms with van der Waals surface area (Å²) in [6.07, 6.45) is 2.70. The minimum absolute atomic E-state index is 0.0852. The summed E-state index contributed by atoms with van der Waals surface area (Å²) in [5, 5.41) is 10.5. The lowest BCUT2D eigenvalue weighted by Crippen LogP contribution is -3.21. The van der Waals surface area contributed by atoms with Crippen molar-refractivity contribution in [2.75, 3.05) is 26.2 Å². The van der Waals surface area contributed by atoms with Crippen LogP contribution in [0.4, 0.5) is 4.79 Å². The van der Waals surface area contributed by atoms with Crippen molar-refractivity contribution in [3.8, 4) is 0 Å². The van der Waals surface area contributed by atoms with Crippen LogP contribution in [-0.4, -0.2) is 58.3 Å². The van der Waals surface area contributed by atoms with E-state index in [-0.39, 0.29) is 5.56 Å². The Hall–Kier alpha value is -1.44. The highest BCUT2D eigenvalue weighted by Gasteiger charge is 2.30. The average molecular weight is 357 g/mol. The quantitative estimate of drug-likeness (QED) is 0.630. The normalized spacial score (nSPS) is 23.8. The van der Waals surface area contributed by atoms with E-state index in [1.807, 2.05) is 0 Å². The number of hydrogen-bond acceptors (Lipinski definition) is 5. The molecule has 0 bridgehead atoms. The molecule has 3 rings (SSSR count). The number of rotatable bonds is 0. The van der Waals surface area contributed by atoms with Gasteiger partial charge in [-0.3, -0.25) is 0 Å². The van der Waals surface area contributed by atoms with E-state index >= 15 is 0 Å². The third kappa shape index (κ3) is 5.29. The average Bonchev–Trinajstić information content (AvgIpc) is 2.54. The van der Waals surface area contributed by atoms with Crippen molar-refractivity contribution in [2.45, 2.75) is 44.8 Å². The molecular weight excluding hydrogens is 332 g/mol. The van der Waals surface area contributed by atoms with Crippen molar-refractivity contribution >= 4 is 17.7 Å². The second kappa shape index (κ2) is 8.09. The maximum atomic E-state index is 10.5. The van der Waals surface area contributed by atoms with Crippen molar-refractivity contribution in [1.82, 2.24) is 14.9 Å². The molecule has 24 heavy (non-hydrogen) atoms. The number of fused-ring (bicyclic) bond motifs is 1. The molecule has 1 aromatic rings. The van der Waals surface area contributed by atoms with Crippen LogP contribution in [0.2, 0.25) is 0 Å². The van der Waals surface area contributed by atoms with E-state index in [4.69, 9.17) is 16.3 Å². The molecule has 134 valence electrons. The summed E-state index contributed by atoms with van der Waals surface area (Å²) in [7, 11) is 0. The molecule has 2 aliphatic rings. The van der Waals surface area contributed by atoms with Crippen LogP contribution in [-0.2, 0) is 17.7 Å². The first-order chi connectivity index (χ1) is 11.3. The Balaban J connectivity index is 0.000000177.